The van der Waals surface area contributed by atoms with Gasteiger partial charge in [-0.15, -0.1) is 0 Å². The molecule has 0 aliphatic heterocycles. The standard InChI is InChI=1S/C10H9F5N2O2/c1-2-19-9(18)5-4(7(11)12)3-17-8(16)6(5)10(13,14)15/h3,7H,2H2,1H3,(H2,16,17). The Labute approximate surface area is 104 Å². The average Bonchev–Trinajstić information content (AvgIpc) is 2.26. The zero-order valence-corrected chi connectivity index (χ0v) is 9.59. The summed E-state index contributed by atoms with van der Waals surface area (Å²) >= 11 is 0. The predicted molar refractivity (Wildman–Crippen MR) is 54.6 cm³/mol. The van der Waals surface area contributed by atoms with Gasteiger partial charge in [0.2, 0.25) is 0 Å². The molecule has 0 radical (unpaired) electrons. The van der Waals surface area contributed by atoms with Gasteiger partial charge >= 0.3 is 12.1 Å². The molecule has 0 aliphatic carbocycles. The number of hydrogen-bond acceptors (Lipinski definition) is 4. The van der Waals surface area contributed by atoms with E-state index in [1.807, 2.05) is 0 Å². The van der Waals surface area contributed by atoms with Crippen molar-refractivity contribution in [1.82, 2.24) is 4.98 Å². The second-order valence-corrected chi connectivity index (χ2v) is 3.37. The molecule has 4 nitrogen and oxygen atoms in total. The summed E-state index contributed by atoms with van der Waals surface area (Å²) in [7, 11) is 0. The number of pyridine rings is 1. The Balaban J connectivity index is 3.60. The number of nitrogen functional groups attached to an aromatic ring is 1. The minimum absolute atomic E-state index is 0.263. The monoisotopic (exact) mass is 284 g/mol. The molecule has 0 bridgehead atoms. The van der Waals surface area contributed by atoms with Gasteiger partial charge in [-0.05, 0) is 6.92 Å². The number of alkyl halides is 5. The summed E-state index contributed by atoms with van der Waals surface area (Å²) in [4.78, 5) is 14.5. The number of rotatable bonds is 3. The molecule has 9 heteroatoms. The van der Waals surface area contributed by atoms with Gasteiger partial charge in [0.05, 0.1) is 17.7 Å². The number of nitrogens with two attached hydrogens (primary N) is 1. The van der Waals surface area contributed by atoms with E-state index >= 15 is 0 Å². The Morgan fingerprint density at radius 2 is 2.05 bits per heavy atom. The molecular weight excluding hydrogens is 275 g/mol. The minimum atomic E-state index is -5.09. The number of esters is 1. The SMILES string of the molecule is CCOC(=O)c1c(C(F)F)cnc(N)c1C(F)(F)F. The van der Waals surface area contributed by atoms with Gasteiger partial charge in [-0.1, -0.05) is 0 Å². The Morgan fingerprint density at radius 1 is 1.47 bits per heavy atom. The topological polar surface area (TPSA) is 65.2 Å². The number of anilines is 1. The normalized spacial score (nSPS) is 11.7. The maximum absolute atomic E-state index is 12.8. The van der Waals surface area contributed by atoms with Crippen LogP contribution in [-0.2, 0) is 10.9 Å². The first-order valence-corrected chi connectivity index (χ1v) is 5.01. The molecule has 0 amide bonds. The average molecular weight is 284 g/mol. The first-order valence-electron chi connectivity index (χ1n) is 5.01. The van der Waals surface area contributed by atoms with Gasteiger partial charge in [-0.25, -0.2) is 18.6 Å². The van der Waals surface area contributed by atoms with Crippen molar-refractivity contribution in [3.63, 3.8) is 0 Å². The van der Waals surface area contributed by atoms with Crippen LogP contribution in [0.15, 0.2) is 6.20 Å². The quantitative estimate of drug-likeness (QED) is 0.684. The van der Waals surface area contributed by atoms with Gasteiger partial charge in [0, 0.05) is 6.20 Å². The summed E-state index contributed by atoms with van der Waals surface area (Å²) in [5.74, 6) is -2.57. The van der Waals surface area contributed by atoms with Crippen molar-refractivity contribution in [1.29, 1.82) is 0 Å². The van der Waals surface area contributed by atoms with Crippen LogP contribution in [0.5, 0.6) is 0 Å². The van der Waals surface area contributed by atoms with E-state index in [2.05, 4.69) is 9.72 Å². The van der Waals surface area contributed by atoms with Crippen LogP contribution >= 0.6 is 0 Å². The lowest BCUT2D eigenvalue weighted by atomic mass is 10.0. The van der Waals surface area contributed by atoms with Crippen molar-refractivity contribution in [2.24, 2.45) is 0 Å². The lowest BCUT2D eigenvalue weighted by Gasteiger charge is -2.16. The summed E-state index contributed by atoms with van der Waals surface area (Å²) in [5, 5.41) is 0. The fraction of sp³-hybridized carbons (Fsp3) is 0.400. The molecule has 0 saturated carbocycles. The number of hydrogen-bond donors (Lipinski definition) is 1. The van der Waals surface area contributed by atoms with Gasteiger partial charge in [0.1, 0.15) is 11.4 Å². The molecule has 1 aromatic heterocycles. The molecule has 0 unspecified atom stereocenters. The molecule has 0 aliphatic rings. The van der Waals surface area contributed by atoms with Crippen molar-refractivity contribution >= 4 is 11.8 Å². The number of nitrogens with zero attached hydrogens (tertiary/aromatic N) is 1. The lowest BCUT2D eigenvalue weighted by molar-refractivity contribution is -0.137. The Morgan fingerprint density at radius 3 is 2.47 bits per heavy atom. The number of carbonyl (C=O) groups excluding carboxylic acids is 1. The molecule has 19 heavy (non-hydrogen) atoms. The van der Waals surface area contributed by atoms with Gasteiger partial charge in [0.15, 0.2) is 0 Å². The molecule has 0 fully saturated rings. The van der Waals surface area contributed by atoms with Gasteiger partial charge in [-0.3, -0.25) is 0 Å². The zero-order valence-electron chi connectivity index (χ0n) is 9.59. The lowest BCUT2D eigenvalue weighted by Crippen LogP contribution is -2.21. The molecule has 2 N–H and O–H groups in total. The third-order valence-electron chi connectivity index (χ3n) is 2.14. The third kappa shape index (κ3) is 3.09. The van der Waals surface area contributed by atoms with Crippen LogP contribution in [0.25, 0.3) is 0 Å². The van der Waals surface area contributed by atoms with Crippen LogP contribution in [-0.4, -0.2) is 17.6 Å². The van der Waals surface area contributed by atoms with E-state index in [-0.39, 0.29) is 6.61 Å². The van der Waals surface area contributed by atoms with Crippen LogP contribution in [0, 0.1) is 0 Å². The molecule has 1 aromatic rings. The molecule has 1 heterocycles. The first kappa shape index (κ1) is 15.1. The van der Waals surface area contributed by atoms with Crippen molar-refractivity contribution in [3.8, 4) is 0 Å². The summed E-state index contributed by atoms with van der Waals surface area (Å²) in [6.45, 7) is 1.07. The van der Waals surface area contributed by atoms with Crippen LogP contribution < -0.4 is 5.73 Å². The molecule has 0 spiro atoms. The van der Waals surface area contributed by atoms with E-state index in [9.17, 15) is 26.7 Å². The summed E-state index contributed by atoms with van der Waals surface area (Å²) in [6.07, 6.45) is -7.97. The highest BCUT2D eigenvalue weighted by molar-refractivity contribution is 5.94. The van der Waals surface area contributed by atoms with E-state index in [1.165, 1.54) is 6.92 Å². The number of ether oxygens (including phenoxy) is 1. The number of halogens is 5. The minimum Gasteiger partial charge on any atom is -0.462 e. The van der Waals surface area contributed by atoms with Gasteiger partial charge in [0.25, 0.3) is 6.43 Å². The third-order valence-corrected chi connectivity index (χ3v) is 2.14. The van der Waals surface area contributed by atoms with Crippen LogP contribution in [0.4, 0.5) is 27.8 Å². The Kier molecular flexibility index (Phi) is 4.28. The molecule has 0 aromatic carbocycles. The summed E-state index contributed by atoms with van der Waals surface area (Å²) in [5.41, 5.74) is 0.861. The van der Waals surface area contributed by atoms with Crippen molar-refractivity contribution < 1.29 is 31.5 Å². The van der Waals surface area contributed by atoms with E-state index in [0.29, 0.717) is 6.20 Å². The fourth-order valence-corrected chi connectivity index (χ4v) is 1.42. The van der Waals surface area contributed by atoms with E-state index < -0.39 is 41.1 Å². The zero-order chi connectivity index (χ0) is 14.8. The predicted octanol–water partition coefficient (Wildman–Crippen LogP) is 2.80. The smallest absolute Gasteiger partial charge is 0.420 e. The molecule has 0 saturated heterocycles. The second-order valence-electron chi connectivity index (χ2n) is 3.37. The highest BCUT2D eigenvalue weighted by Crippen LogP contribution is 2.39. The fourth-order valence-electron chi connectivity index (χ4n) is 1.42. The molecule has 0 atom stereocenters. The summed E-state index contributed by atoms with van der Waals surface area (Å²) < 4.78 is 68.0. The van der Waals surface area contributed by atoms with E-state index in [0.717, 1.165) is 0 Å². The number of aromatic nitrogens is 1. The molecule has 1 rings (SSSR count). The van der Waals surface area contributed by atoms with E-state index in [1.54, 1.807) is 0 Å². The Bertz CT molecular complexity index is 488. The maximum atomic E-state index is 12.8. The largest absolute Gasteiger partial charge is 0.462 e. The van der Waals surface area contributed by atoms with Crippen LogP contribution in [0.3, 0.4) is 0 Å². The van der Waals surface area contributed by atoms with Crippen LogP contribution in [0.2, 0.25) is 0 Å². The van der Waals surface area contributed by atoms with E-state index in [4.69, 9.17) is 5.73 Å². The maximum Gasteiger partial charge on any atom is 0.420 e. The highest BCUT2D eigenvalue weighted by atomic mass is 19.4. The highest BCUT2D eigenvalue weighted by Gasteiger charge is 2.41. The summed E-state index contributed by atoms with van der Waals surface area (Å²) in [6, 6.07) is 0. The second kappa shape index (κ2) is 5.37. The van der Waals surface area contributed by atoms with Crippen LogP contribution in [0.1, 0.15) is 34.8 Å². The number of carbonyl (C=O) groups is 1. The van der Waals surface area contributed by atoms with Crippen molar-refractivity contribution in [2.45, 2.75) is 19.5 Å². The van der Waals surface area contributed by atoms with Crippen molar-refractivity contribution in [2.75, 3.05) is 12.3 Å². The van der Waals surface area contributed by atoms with Gasteiger partial charge < -0.3 is 10.5 Å². The first-order chi connectivity index (χ1) is 8.70. The van der Waals surface area contributed by atoms with Gasteiger partial charge in [-0.2, -0.15) is 13.2 Å². The Hall–Kier alpha value is -1.93. The molecule has 106 valence electrons. The molecular formula is C10H9F5N2O2. The van der Waals surface area contributed by atoms with Crippen molar-refractivity contribution in [3.05, 3.63) is 22.9 Å².